The van der Waals surface area contributed by atoms with Crippen LogP contribution in [-0.2, 0) is 16.1 Å². The van der Waals surface area contributed by atoms with Crippen LogP contribution in [0.5, 0.6) is 0 Å². The number of nitrogens with zero attached hydrogens (tertiary/aromatic N) is 2. The molecule has 1 fully saturated rings. The Hall–Kier alpha value is -2.44. The fourth-order valence-electron chi connectivity index (χ4n) is 2.18. The molecule has 1 amide bonds. The molecule has 0 saturated heterocycles. The minimum absolute atomic E-state index is 0.0438. The van der Waals surface area contributed by atoms with E-state index in [-0.39, 0.29) is 18.1 Å². The van der Waals surface area contributed by atoms with Gasteiger partial charge in [-0.2, -0.15) is 0 Å². The summed E-state index contributed by atoms with van der Waals surface area (Å²) >= 11 is 0. The van der Waals surface area contributed by atoms with Gasteiger partial charge in [0.1, 0.15) is 0 Å². The van der Waals surface area contributed by atoms with E-state index in [1.807, 2.05) is 0 Å². The molecule has 7 nitrogen and oxygen atoms in total. The Balaban J connectivity index is 2.05. The van der Waals surface area contributed by atoms with Crippen molar-refractivity contribution in [3.05, 3.63) is 39.9 Å². The zero-order chi connectivity index (χ0) is 14.9. The largest absolute Gasteiger partial charge is 0.481 e. The summed E-state index contributed by atoms with van der Waals surface area (Å²) in [5.74, 6) is -2.37. The van der Waals surface area contributed by atoms with Crippen LogP contribution in [-0.4, -0.2) is 33.9 Å². The third-order valence-electron chi connectivity index (χ3n) is 3.40. The number of hydrogen-bond acceptors (Lipinski definition) is 4. The third-order valence-corrected chi connectivity index (χ3v) is 3.40. The Labute approximate surface area is 115 Å². The van der Waals surface area contributed by atoms with Crippen molar-refractivity contribution in [3.63, 3.8) is 0 Å². The summed E-state index contributed by atoms with van der Waals surface area (Å²) in [6.45, 7) is 0.0961. The van der Waals surface area contributed by atoms with Crippen molar-refractivity contribution in [2.75, 3.05) is 7.05 Å². The van der Waals surface area contributed by atoms with Crippen LogP contribution in [0.3, 0.4) is 0 Å². The van der Waals surface area contributed by atoms with Gasteiger partial charge in [0.15, 0.2) is 0 Å². The van der Waals surface area contributed by atoms with Crippen molar-refractivity contribution in [1.82, 2.24) is 4.90 Å². The molecule has 1 aliphatic rings. The topological polar surface area (TPSA) is 101 Å². The van der Waals surface area contributed by atoms with Crippen molar-refractivity contribution in [1.29, 1.82) is 0 Å². The molecule has 2 atom stereocenters. The molecule has 0 radical (unpaired) electrons. The normalized spacial score (nSPS) is 20.2. The zero-order valence-electron chi connectivity index (χ0n) is 10.9. The van der Waals surface area contributed by atoms with Crippen LogP contribution in [0.4, 0.5) is 5.69 Å². The Morgan fingerprint density at radius 3 is 2.60 bits per heavy atom. The average Bonchev–Trinajstić information content (AvgIpc) is 3.18. The second kappa shape index (κ2) is 5.28. The van der Waals surface area contributed by atoms with Crippen molar-refractivity contribution in [2.24, 2.45) is 11.8 Å². The second-order valence-electron chi connectivity index (χ2n) is 4.87. The highest BCUT2D eigenvalue weighted by molar-refractivity contribution is 5.89. The van der Waals surface area contributed by atoms with Crippen LogP contribution in [0.25, 0.3) is 0 Å². The SMILES string of the molecule is CN(Cc1ccccc1[N+](=O)[O-])C(=O)C1CC1C(=O)O. The van der Waals surface area contributed by atoms with E-state index >= 15 is 0 Å². The van der Waals surface area contributed by atoms with Gasteiger partial charge in [0.2, 0.25) is 5.91 Å². The number of nitro groups is 1. The first-order valence-corrected chi connectivity index (χ1v) is 6.12. The van der Waals surface area contributed by atoms with Gasteiger partial charge in [-0.05, 0) is 6.42 Å². The Morgan fingerprint density at radius 1 is 1.40 bits per heavy atom. The first-order chi connectivity index (χ1) is 9.41. The summed E-state index contributed by atoms with van der Waals surface area (Å²) in [5.41, 5.74) is 0.388. The highest BCUT2D eigenvalue weighted by Crippen LogP contribution is 2.40. The molecular formula is C13H14N2O5. The van der Waals surface area contributed by atoms with Crippen molar-refractivity contribution in [2.45, 2.75) is 13.0 Å². The summed E-state index contributed by atoms with van der Waals surface area (Å²) in [6, 6.07) is 6.19. The molecular weight excluding hydrogens is 264 g/mol. The van der Waals surface area contributed by atoms with Gasteiger partial charge in [-0.15, -0.1) is 0 Å². The summed E-state index contributed by atoms with van der Waals surface area (Å²) < 4.78 is 0. The van der Waals surface area contributed by atoms with Crippen LogP contribution in [0.2, 0.25) is 0 Å². The lowest BCUT2D eigenvalue weighted by atomic mass is 10.1. The summed E-state index contributed by atoms with van der Waals surface area (Å²) in [7, 11) is 1.52. The molecule has 2 rings (SSSR count). The van der Waals surface area contributed by atoms with Gasteiger partial charge in [-0.1, -0.05) is 18.2 Å². The molecule has 0 bridgehead atoms. The quantitative estimate of drug-likeness (QED) is 0.645. The zero-order valence-corrected chi connectivity index (χ0v) is 10.9. The number of carboxylic acid groups (broad SMARTS) is 1. The highest BCUT2D eigenvalue weighted by Gasteiger charge is 2.49. The van der Waals surface area contributed by atoms with Gasteiger partial charge in [0.25, 0.3) is 5.69 Å². The first-order valence-electron chi connectivity index (χ1n) is 6.12. The van der Waals surface area contributed by atoms with E-state index in [9.17, 15) is 19.7 Å². The van der Waals surface area contributed by atoms with Gasteiger partial charge in [-0.25, -0.2) is 0 Å². The molecule has 106 valence electrons. The fraction of sp³-hybridized carbons (Fsp3) is 0.385. The summed E-state index contributed by atoms with van der Waals surface area (Å²) in [4.78, 5) is 34.5. The number of para-hydroxylation sites is 1. The molecule has 1 saturated carbocycles. The fourth-order valence-corrected chi connectivity index (χ4v) is 2.18. The lowest BCUT2D eigenvalue weighted by Gasteiger charge is -2.17. The molecule has 20 heavy (non-hydrogen) atoms. The first kappa shape index (κ1) is 14.0. The highest BCUT2D eigenvalue weighted by atomic mass is 16.6. The maximum atomic E-state index is 12.0. The van der Waals surface area contributed by atoms with Gasteiger partial charge in [0.05, 0.1) is 23.3 Å². The van der Waals surface area contributed by atoms with Crippen LogP contribution < -0.4 is 0 Å². The number of carbonyl (C=O) groups excluding carboxylic acids is 1. The van der Waals surface area contributed by atoms with Crippen molar-refractivity contribution < 1.29 is 19.6 Å². The average molecular weight is 278 g/mol. The van der Waals surface area contributed by atoms with Gasteiger partial charge >= 0.3 is 5.97 Å². The van der Waals surface area contributed by atoms with Gasteiger partial charge < -0.3 is 10.0 Å². The maximum absolute atomic E-state index is 12.0. The van der Waals surface area contributed by atoms with Crippen molar-refractivity contribution >= 4 is 17.6 Å². The van der Waals surface area contributed by atoms with E-state index in [0.717, 1.165) is 0 Å². The second-order valence-corrected chi connectivity index (χ2v) is 4.87. The van der Waals surface area contributed by atoms with Crippen LogP contribution in [0.1, 0.15) is 12.0 Å². The number of benzene rings is 1. The standard InChI is InChI=1S/C13H14N2O5/c1-14(12(16)9-6-10(9)13(17)18)7-8-4-2-3-5-11(8)15(19)20/h2-5,9-10H,6-7H2,1H3,(H,17,18). The molecule has 2 unspecified atom stereocenters. The minimum Gasteiger partial charge on any atom is -0.481 e. The molecule has 0 heterocycles. The molecule has 1 aliphatic carbocycles. The number of carbonyl (C=O) groups is 2. The van der Waals surface area contributed by atoms with E-state index in [1.165, 1.54) is 18.0 Å². The van der Waals surface area contributed by atoms with Gasteiger partial charge in [-0.3, -0.25) is 19.7 Å². The van der Waals surface area contributed by atoms with Crippen LogP contribution in [0, 0.1) is 22.0 Å². The number of carboxylic acids is 1. The molecule has 0 aromatic heterocycles. The molecule has 0 spiro atoms. The number of rotatable bonds is 5. The minimum atomic E-state index is -0.970. The number of aliphatic carboxylic acids is 1. The van der Waals surface area contributed by atoms with E-state index in [2.05, 4.69) is 0 Å². The Bertz CT molecular complexity index is 572. The predicted octanol–water partition coefficient (Wildman–Crippen LogP) is 1.27. The monoisotopic (exact) mass is 278 g/mol. The Kier molecular flexibility index (Phi) is 3.69. The van der Waals surface area contributed by atoms with E-state index in [4.69, 9.17) is 5.11 Å². The van der Waals surface area contributed by atoms with Crippen LogP contribution in [0.15, 0.2) is 24.3 Å². The van der Waals surface area contributed by atoms with Crippen molar-refractivity contribution in [3.8, 4) is 0 Å². The number of hydrogen-bond donors (Lipinski definition) is 1. The van der Waals surface area contributed by atoms with Gasteiger partial charge in [0, 0.05) is 18.7 Å². The van der Waals surface area contributed by atoms with E-state index in [1.54, 1.807) is 18.2 Å². The molecule has 1 N–H and O–H groups in total. The van der Waals surface area contributed by atoms with Crippen LogP contribution >= 0.6 is 0 Å². The molecule has 0 aliphatic heterocycles. The van der Waals surface area contributed by atoms with E-state index < -0.39 is 22.7 Å². The smallest absolute Gasteiger partial charge is 0.307 e. The lowest BCUT2D eigenvalue weighted by molar-refractivity contribution is -0.385. The summed E-state index contributed by atoms with van der Waals surface area (Å²) in [6.07, 6.45) is 0.343. The number of amides is 1. The third kappa shape index (κ3) is 2.76. The molecule has 7 heteroatoms. The maximum Gasteiger partial charge on any atom is 0.307 e. The number of nitro benzene ring substituents is 1. The molecule has 1 aromatic rings. The lowest BCUT2D eigenvalue weighted by Crippen LogP contribution is -2.29. The molecule has 1 aromatic carbocycles. The Morgan fingerprint density at radius 2 is 2.05 bits per heavy atom. The van der Waals surface area contributed by atoms with E-state index in [0.29, 0.717) is 12.0 Å². The predicted molar refractivity (Wildman–Crippen MR) is 68.8 cm³/mol. The summed E-state index contributed by atoms with van der Waals surface area (Å²) in [5, 5.41) is 19.7.